The van der Waals surface area contributed by atoms with Gasteiger partial charge in [0.05, 0.1) is 5.60 Å². The van der Waals surface area contributed by atoms with Crippen molar-refractivity contribution in [1.82, 2.24) is 0 Å². The summed E-state index contributed by atoms with van der Waals surface area (Å²) in [5.41, 5.74) is 0.184. The highest BCUT2D eigenvalue weighted by Gasteiger charge is 2.73. The van der Waals surface area contributed by atoms with Crippen LogP contribution >= 0.6 is 0 Å². The fourth-order valence-electron chi connectivity index (χ4n) is 4.19. The molecule has 4 rings (SSSR count). The van der Waals surface area contributed by atoms with Crippen molar-refractivity contribution in [3.8, 4) is 0 Å². The highest BCUT2D eigenvalue weighted by atomic mass is 27.0. The quantitative estimate of drug-likeness (QED) is 0.565. The molecule has 13 heavy (non-hydrogen) atoms. The van der Waals surface area contributed by atoms with Gasteiger partial charge in [-0.05, 0) is 24.7 Å². The predicted octanol–water partition coefficient (Wildman–Crippen LogP) is 0.422. The van der Waals surface area contributed by atoms with Crippen LogP contribution in [0.4, 0.5) is 0 Å². The van der Waals surface area contributed by atoms with Gasteiger partial charge in [0.2, 0.25) is 16.3 Å². The predicted molar refractivity (Wildman–Crippen MR) is 51.4 cm³/mol. The van der Waals surface area contributed by atoms with Crippen molar-refractivity contribution in [2.24, 2.45) is 17.8 Å². The Bertz CT molecular complexity index is 274. The van der Waals surface area contributed by atoms with Crippen LogP contribution in [0.1, 0.15) is 19.3 Å². The average molecular weight is 194 g/mol. The Kier molecular flexibility index (Phi) is 1.56. The number of carbonyl (C=O) groups excluding carboxylic acids is 1. The van der Waals surface area contributed by atoms with Crippen LogP contribution < -0.4 is 0 Å². The summed E-state index contributed by atoms with van der Waals surface area (Å²) >= 11 is 1.20. The SMILES string of the molecule is COC12C3CCC(C(=O)C3)C1[CH]2[AlH2]. The maximum atomic E-state index is 11.7. The molecule has 0 radical (unpaired) electrons. The Labute approximate surface area is 86.4 Å². The molecule has 0 spiro atoms. The molecule has 2 nitrogen and oxygen atoms in total. The molecule has 5 unspecified atom stereocenters. The molecule has 0 heterocycles. The van der Waals surface area contributed by atoms with E-state index < -0.39 is 0 Å². The summed E-state index contributed by atoms with van der Waals surface area (Å²) in [5.74, 6) is 2.12. The molecule has 4 fully saturated rings. The zero-order chi connectivity index (χ0) is 9.22. The number of ketones is 1. The Hall–Kier alpha value is 0.162. The number of rotatable bonds is 1. The first kappa shape index (κ1) is 8.47. The molecular formula is C10H15AlO2. The number of Topliss-reactive ketones (excluding diaryl/α,β-unsaturated/α-hetero) is 1. The van der Waals surface area contributed by atoms with Crippen molar-refractivity contribution in [1.29, 1.82) is 0 Å². The van der Waals surface area contributed by atoms with Gasteiger partial charge in [-0.1, -0.05) is 4.78 Å². The van der Waals surface area contributed by atoms with E-state index in [2.05, 4.69) is 0 Å². The van der Waals surface area contributed by atoms with E-state index in [1.165, 1.54) is 22.7 Å². The van der Waals surface area contributed by atoms with E-state index in [1.54, 1.807) is 0 Å². The minimum absolute atomic E-state index is 0.184. The van der Waals surface area contributed by atoms with Gasteiger partial charge in [0.1, 0.15) is 5.78 Å². The topological polar surface area (TPSA) is 26.3 Å². The molecule has 0 aliphatic heterocycles. The molecular weight excluding hydrogens is 179 g/mol. The van der Waals surface area contributed by atoms with Crippen molar-refractivity contribution in [2.75, 3.05) is 7.11 Å². The van der Waals surface area contributed by atoms with E-state index >= 15 is 0 Å². The summed E-state index contributed by atoms with van der Waals surface area (Å²) in [4.78, 5) is 11.7. The first-order chi connectivity index (χ1) is 6.21. The Morgan fingerprint density at radius 2 is 2.31 bits per heavy atom. The molecule has 0 aromatic carbocycles. The smallest absolute Gasteiger partial charge is 0.221 e. The zero-order valence-corrected chi connectivity index (χ0v) is 10.2. The minimum Gasteiger partial charge on any atom is -0.379 e. The fourth-order valence-corrected chi connectivity index (χ4v) is 6.07. The molecule has 0 amide bonds. The molecule has 0 aromatic heterocycles. The second-order valence-electron chi connectivity index (χ2n) is 4.92. The lowest BCUT2D eigenvalue weighted by molar-refractivity contribution is -0.137. The van der Waals surface area contributed by atoms with Crippen molar-refractivity contribution >= 4 is 22.1 Å². The minimum atomic E-state index is 0.184. The lowest BCUT2D eigenvalue weighted by Gasteiger charge is -2.40. The molecule has 5 atom stereocenters. The molecule has 4 saturated carbocycles. The highest BCUT2D eigenvalue weighted by molar-refractivity contribution is 6.16. The molecule has 3 heteroatoms. The maximum absolute atomic E-state index is 11.7. The average Bonchev–Trinajstić information content (AvgIpc) is 2.76. The van der Waals surface area contributed by atoms with E-state index in [0.717, 1.165) is 17.6 Å². The third-order valence-corrected chi connectivity index (χ3v) is 6.40. The van der Waals surface area contributed by atoms with Gasteiger partial charge in [0.25, 0.3) is 0 Å². The number of hydrogen-bond donors (Lipinski definition) is 0. The van der Waals surface area contributed by atoms with Gasteiger partial charge in [-0.2, -0.15) is 0 Å². The van der Waals surface area contributed by atoms with Crippen molar-refractivity contribution in [2.45, 2.75) is 29.6 Å². The third kappa shape index (κ3) is 0.779. The second kappa shape index (κ2) is 2.39. The van der Waals surface area contributed by atoms with E-state index in [0.29, 0.717) is 23.5 Å². The van der Waals surface area contributed by atoms with Crippen LogP contribution in [0, 0.1) is 17.8 Å². The standard InChI is InChI=1S/C10H13O2.Al.2H/c1-12-10-5-8(10)7-3-2-6(10)4-9(7)11;;;/h5-8H,2-4H2,1H3;;;. The van der Waals surface area contributed by atoms with Gasteiger partial charge >= 0.3 is 0 Å². The van der Waals surface area contributed by atoms with Gasteiger partial charge in [0.15, 0.2) is 0 Å². The fraction of sp³-hybridized carbons (Fsp3) is 0.900. The number of fused-ring (bicyclic) bond motifs is 2. The number of carbonyl (C=O) groups is 1. The molecule has 70 valence electrons. The number of methoxy groups -OCH3 is 1. The van der Waals surface area contributed by atoms with Crippen LogP contribution in [-0.4, -0.2) is 34.8 Å². The zero-order valence-electron chi connectivity index (χ0n) is 8.25. The summed E-state index contributed by atoms with van der Waals surface area (Å²) in [6, 6.07) is 0. The first-order valence-corrected chi connectivity index (χ1v) is 6.45. The highest BCUT2D eigenvalue weighted by Crippen LogP contribution is 2.71. The van der Waals surface area contributed by atoms with E-state index in [-0.39, 0.29) is 5.60 Å². The summed E-state index contributed by atoms with van der Waals surface area (Å²) < 4.78 is 6.49. The monoisotopic (exact) mass is 194 g/mol. The number of hydrogen-bond acceptors (Lipinski definition) is 2. The summed E-state index contributed by atoms with van der Waals surface area (Å²) in [5, 5.41) is 0. The summed E-state index contributed by atoms with van der Waals surface area (Å²) in [7, 11) is 1.84. The van der Waals surface area contributed by atoms with E-state index in [4.69, 9.17) is 4.74 Å². The number of ether oxygens (including phenoxy) is 1. The Morgan fingerprint density at radius 1 is 1.54 bits per heavy atom. The van der Waals surface area contributed by atoms with Crippen LogP contribution in [0.3, 0.4) is 0 Å². The Balaban J connectivity index is 2.00. The molecule has 2 bridgehead atoms. The normalized spacial score (nSPS) is 57.8. The van der Waals surface area contributed by atoms with Crippen molar-refractivity contribution in [3.05, 3.63) is 0 Å². The van der Waals surface area contributed by atoms with Crippen LogP contribution in [0.5, 0.6) is 0 Å². The summed E-state index contributed by atoms with van der Waals surface area (Å²) in [6.07, 6.45) is 3.20. The van der Waals surface area contributed by atoms with Crippen LogP contribution in [0.2, 0.25) is 4.78 Å². The van der Waals surface area contributed by atoms with Gasteiger partial charge < -0.3 is 4.74 Å². The first-order valence-electron chi connectivity index (χ1n) is 5.29. The largest absolute Gasteiger partial charge is 0.379 e. The van der Waals surface area contributed by atoms with Gasteiger partial charge in [-0.25, -0.2) is 0 Å². The van der Waals surface area contributed by atoms with Crippen LogP contribution in [0.25, 0.3) is 0 Å². The maximum Gasteiger partial charge on any atom is 0.221 e. The molecule has 4 aliphatic carbocycles. The van der Waals surface area contributed by atoms with Crippen LogP contribution in [0.15, 0.2) is 0 Å². The van der Waals surface area contributed by atoms with Gasteiger partial charge in [-0.15, -0.1) is 0 Å². The lowest BCUT2D eigenvalue weighted by Crippen LogP contribution is -2.44. The molecule has 0 saturated heterocycles. The molecule has 0 aromatic rings. The second-order valence-corrected chi connectivity index (χ2v) is 6.17. The van der Waals surface area contributed by atoms with Gasteiger partial charge in [-0.3, -0.25) is 4.79 Å². The lowest BCUT2D eigenvalue weighted by atomic mass is 9.68. The summed E-state index contributed by atoms with van der Waals surface area (Å²) in [6.45, 7) is 0. The van der Waals surface area contributed by atoms with E-state index in [1.807, 2.05) is 7.11 Å². The van der Waals surface area contributed by atoms with Crippen molar-refractivity contribution in [3.63, 3.8) is 0 Å². The Morgan fingerprint density at radius 3 is 2.85 bits per heavy atom. The molecule has 4 aliphatic rings. The third-order valence-electron chi connectivity index (χ3n) is 4.77. The van der Waals surface area contributed by atoms with Crippen LogP contribution in [-0.2, 0) is 9.53 Å². The van der Waals surface area contributed by atoms with Gasteiger partial charge in [0, 0.05) is 19.4 Å². The van der Waals surface area contributed by atoms with Crippen molar-refractivity contribution < 1.29 is 9.53 Å². The van der Waals surface area contributed by atoms with E-state index in [9.17, 15) is 4.79 Å². The molecule has 0 N–H and O–H groups in total.